The first-order valence-corrected chi connectivity index (χ1v) is 10.3. The van der Waals surface area contributed by atoms with Gasteiger partial charge < -0.3 is 5.32 Å². The SMILES string of the molecule is Cc1ccc(CN2C(=O)C(CC(=O)Nc3ccccc3)n3c2nc2ccccc23)cc1. The maximum Gasteiger partial charge on any atom is 0.253 e. The van der Waals surface area contributed by atoms with Crippen molar-refractivity contribution >= 4 is 34.5 Å². The number of aromatic nitrogens is 2. The molecule has 1 aliphatic rings. The summed E-state index contributed by atoms with van der Waals surface area (Å²) < 4.78 is 1.90. The molecule has 6 heteroatoms. The number of nitrogens with one attached hydrogen (secondary N) is 1. The maximum absolute atomic E-state index is 13.4. The molecule has 0 bridgehead atoms. The van der Waals surface area contributed by atoms with Crippen LogP contribution in [0.5, 0.6) is 0 Å². The number of rotatable bonds is 5. The van der Waals surface area contributed by atoms with Crippen LogP contribution < -0.4 is 10.2 Å². The van der Waals surface area contributed by atoms with E-state index in [9.17, 15) is 9.59 Å². The zero-order valence-electron chi connectivity index (χ0n) is 17.2. The molecule has 0 aliphatic carbocycles. The number of fused-ring (bicyclic) bond motifs is 3. The number of amides is 2. The normalized spacial score (nSPS) is 15.3. The number of nitrogens with zero attached hydrogens (tertiary/aromatic N) is 3. The lowest BCUT2D eigenvalue weighted by Gasteiger charge is -2.16. The maximum atomic E-state index is 13.4. The molecule has 5 rings (SSSR count). The van der Waals surface area contributed by atoms with Crippen molar-refractivity contribution in [1.82, 2.24) is 9.55 Å². The van der Waals surface area contributed by atoms with Crippen molar-refractivity contribution in [3.63, 3.8) is 0 Å². The molecule has 0 saturated carbocycles. The van der Waals surface area contributed by atoms with E-state index in [1.54, 1.807) is 4.90 Å². The summed E-state index contributed by atoms with van der Waals surface area (Å²) >= 11 is 0. The molecule has 0 radical (unpaired) electrons. The number of aryl methyl sites for hydroxylation is 1. The molecule has 1 unspecified atom stereocenters. The van der Waals surface area contributed by atoms with E-state index in [-0.39, 0.29) is 18.2 Å². The van der Waals surface area contributed by atoms with Gasteiger partial charge in [-0.05, 0) is 36.8 Å². The summed E-state index contributed by atoms with van der Waals surface area (Å²) in [5, 5.41) is 2.89. The Morgan fingerprint density at radius 1 is 0.968 bits per heavy atom. The highest BCUT2D eigenvalue weighted by Gasteiger charge is 2.40. The summed E-state index contributed by atoms with van der Waals surface area (Å²) in [6, 6.07) is 24.5. The zero-order chi connectivity index (χ0) is 21.4. The molecule has 154 valence electrons. The van der Waals surface area contributed by atoms with E-state index in [1.807, 2.05) is 90.4 Å². The summed E-state index contributed by atoms with van der Waals surface area (Å²) in [5.41, 5.74) is 4.57. The summed E-state index contributed by atoms with van der Waals surface area (Å²) in [5.74, 6) is 0.270. The monoisotopic (exact) mass is 410 g/mol. The summed E-state index contributed by atoms with van der Waals surface area (Å²) in [4.78, 5) is 32.6. The molecule has 1 aliphatic heterocycles. The Morgan fingerprint density at radius 3 is 2.45 bits per heavy atom. The van der Waals surface area contributed by atoms with Crippen LogP contribution in [0.1, 0.15) is 23.6 Å². The largest absolute Gasteiger partial charge is 0.326 e. The molecule has 0 saturated heterocycles. The van der Waals surface area contributed by atoms with Gasteiger partial charge in [0.25, 0.3) is 5.91 Å². The molecule has 1 atom stereocenters. The van der Waals surface area contributed by atoms with Crippen LogP contribution in [0.25, 0.3) is 11.0 Å². The Morgan fingerprint density at radius 2 is 1.68 bits per heavy atom. The van der Waals surface area contributed by atoms with Gasteiger partial charge in [0.2, 0.25) is 11.9 Å². The number of carbonyl (C=O) groups excluding carboxylic acids is 2. The molecule has 4 aromatic rings. The summed E-state index contributed by atoms with van der Waals surface area (Å²) in [6.07, 6.45) is 0.0471. The minimum absolute atomic E-state index is 0.0471. The van der Waals surface area contributed by atoms with Gasteiger partial charge in [-0.2, -0.15) is 0 Å². The van der Waals surface area contributed by atoms with E-state index in [2.05, 4.69) is 5.32 Å². The molecule has 1 N–H and O–H groups in total. The van der Waals surface area contributed by atoms with Crippen molar-refractivity contribution in [2.45, 2.75) is 25.9 Å². The van der Waals surface area contributed by atoms with Crippen LogP contribution in [0.4, 0.5) is 11.6 Å². The lowest BCUT2D eigenvalue weighted by molar-refractivity contribution is -0.124. The molecule has 2 amide bonds. The Labute approximate surface area is 180 Å². The molecule has 2 heterocycles. The number of hydrogen-bond acceptors (Lipinski definition) is 3. The van der Waals surface area contributed by atoms with Gasteiger partial charge in [0.05, 0.1) is 24.0 Å². The summed E-state index contributed by atoms with van der Waals surface area (Å²) in [7, 11) is 0. The van der Waals surface area contributed by atoms with Crippen LogP contribution in [0.2, 0.25) is 0 Å². The predicted octanol–water partition coefficient (Wildman–Crippen LogP) is 4.46. The van der Waals surface area contributed by atoms with Gasteiger partial charge in [-0.15, -0.1) is 0 Å². The molecule has 0 fully saturated rings. The van der Waals surface area contributed by atoms with Crippen LogP contribution in [-0.2, 0) is 16.1 Å². The van der Waals surface area contributed by atoms with Gasteiger partial charge in [-0.3, -0.25) is 19.1 Å². The topological polar surface area (TPSA) is 67.2 Å². The highest BCUT2D eigenvalue weighted by atomic mass is 16.2. The fraction of sp³-hybridized carbons (Fsp3) is 0.160. The van der Waals surface area contributed by atoms with Crippen molar-refractivity contribution in [3.8, 4) is 0 Å². The molecule has 6 nitrogen and oxygen atoms in total. The van der Waals surface area contributed by atoms with Crippen LogP contribution in [-0.4, -0.2) is 21.4 Å². The lowest BCUT2D eigenvalue weighted by atomic mass is 10.1. The fourth-order valence-corrected chi connectivity index (χ4v) is 4.03. The van der Waals surface area contributed by atoms with E-state index >= 15 is 0 Å². The number of hydrogen-bond donors (Lipinski definition) is 1. The summed E-state index contributed by atoms with van der Waals surface area (Å²) in [6.45, 7) is 2.45. The Kier molecular flexibility index (Phi) is 4.75. The highest BCUT2D eigenvalue weighted by molar-refractivity contribution is 6.05. The number of para-hydroxylation sites is 3. The van der Waals surface area contributed by atoms with E-state index in [1.165, 1.54) is 5.56 Å². The van der Waals surface area contributed by atoms with Crippen molar-refractivity contribution < 1.29 is 9.59 Å². The predicted molar refractivity (Wildman–Crippen MR) is 121 cm³/mol. The Hall–Kier alpha value is -3.93. The second-order valence-corrected chi connectivity index (χ2v) is 7.81. The molecular weight excluding hydrogens is 388 g/mol. The molecule has 1 aromatic heterocycles. The van der Waals surface area contributed by atoms with Gasteiger partial charge in [0.15, 0.2) is 0 Å². The average Bonchev–Trinajstić information content (AvgIpc) is 3.26. The second-order valence-electron chi connectivity index (χ2n) is 7.81. The van der Waals surface area contributed by atoms with E-state index in [0.717, 1.165) is 16.6 Å². The Balaban J connectivity index is 1.48. The van der Waals surface area contributed by atoms with E-state index < -0.39 is 6.04 Å². The third-order valence-corrected chi connectivity index (χ3v) is 5.58. The minimum Gasteiger partial charge on any atom is -0.326 e. The molecular formula is C25H22N4O2. The van der Waals surface area contributed by atoms with Gasteiger partial charge in [0, 0.05) is 5.69 Å². The van der Waals surface area contributed by atoms with Gasteiger partial charge in [0.1, 0.15) is 6.04 Å². The third-order valence-electron chi connectivity index (χ3n) is 5.58. The van der Waals surface area contributed by atoms with Crippen LogP contribution >= 0.6 is 0 Å². The first-order chi connectivity index (χ1) is 15.1. The number of benzene rings is 3. The standard InChI is InChI=1S/C25H22N4O2/c1-17-11-13-18(14-12-17)16-28-24(31)22(15-23(30)26-19-7-3-2-4-8-19)29-21-10-6-5-9-20(21)27-25(28)29/h2-14,22H,15-16H2,1H3,(H,26,30). The molecule has 0 spiro atoms. The van der Waals surface area contributed by atoms with E-state index in [0.29, 0.717) is 18.2 Å². The first-order valence-electron chi connectivity index (χ1n) is 10.3. The van der Waals surface area contributed by atoms with Crippen molar-refractivity contribution in [3.05, 3.63) is 90.0 Å². The van der Waals surface area contributed by atoms with Crippen LogP contribution in [0.15, 0.2) is 78.9 Å². The smallest absolute Gasteiger partial charge is 0.253 e. The number of imidazole rings is 1. The van der Waals surface area contributed by atoms with Crippen LogP contribution in [0.3, 0.4) is 0 Å². The van der Waals surface area contributed by atoms with Gasteiger partial charge in [-0.25, -0.2) is 4.98 Å². The zero-order valence-corrected chi connectivity index (χ0v) is 17.2. The lowest BCUT2D eigenvalue weighted by Crippen LogP contribution is -2.31. The quantitative estimate of drug-likeness (QED) is 0.528. The number of carbonyl (C=O) groups is 2. The van der Waals surface area contributed by atoms with Crippen molar-refractivity contribution in [2.75, 3.05) is 10.2 Å². The third kappa shape index (κ3) is 3.57. The number of anilines is 2. The fourth-order valence-electron chi connectivity index (χ4n) is 4.03. The van der Waals surface area contributed by atoms with Gasteiger partial charge >= 0.3 is 0 Å². The highest BCUT2D eigenvalue weighted by Crippen LogP contribution is 2.37. The minimum atomic E-state index is -0.628. The van der Waals surface area contributed by atoms with Crippen LogP contribution in [0, 0.1) is 6.92 Å². The molecule has 3 aromatic carbocycles. The second kappa shape index (κ2) is 7.72. The van der Waals surface area contributed by atoms with E-state index in [4.69, 9.17) is 4.98 Å². The first kappa shape index (κ1) is 19.1. The average molecular weight is 410 g/mol. The van der Waals surface area contributed by atoms with Crippen molar-refractivity contribution in [1.29, 1.82) is 0 Å². The Bertz CT molecular complexity index is 1260. The van der Waals surface area contributed by atoms with Crippen molar-refractivity contribution in [2.24, 2.45) is 0 Å². The molecule has 31 heavy (non-hydrogen) atoms. The van der Waals surface area contributed by atoms with Gasteiger partial charge in [-0.1, -0.05) is 60.2 Å².